The van der Waals surface area contributed by atoms with Gasteiger partial charge in [0.25, 0.3) is 0 Å². The minimum Gasteiger partial charge on any atom is -0.462 e. The number of carbonyl (C=O) groups is 1. The van der Waals surface area contributed by atoms with Gasteiger partial charge in [0.05, 0.1) is 0 Å². The van der Waals surface area contributed by atoms with E-state index in [1.165, 1.54) is 6.92 Å². The van der Waals surface area contributed by atoms with Crippen LogP contribution in [-0.2, 0) is 14.3 Å². The minimum absolute atomic E-state index is 0.0571. The number of esters is 1. The zero-order chi connectivity index (χ0) is 13.2. The predicted octanol–water partition coefficient (Wildman–Crippen LogP) is -0.124. The van der Waals surface area contributed by atoms with E-state index in [0.717, 1.165) is 0 Å². The van der Waals surface area contributed by atoms with Crippen molar-refractivity contribution in [2.45, 2.75) is 19.1 Å². The summed E-state index contributed by atoms with van der Waals surface area (Å²) in [6.45, 7) is 1.39. The highest BCUT2D eigenvalue weighted by Crippen LogP contribution is 2.21. The second-order valence-electron chi connectivity index (χ2n) is 3.23. The Labute approximate surface area is 106 Å². The van der Waals surface area contributed by atoms with Gasteiger partial charge in [-0.05, 0) is 29.8 Å². The lowest BCUT2D eigenvalue weighted by atomic mass is 10.3. The molecule has 0 amide bonds. The summed E-state index contributed by atoms with van der Waals surface area (Å²) in [5, 5.41) is 8.36. The lowest BCUT2D eigenvalue weighted by Crippen LogP contribution is -1.98. The lowest BCUT2D eigenvalue weighted by molar-refractivity contribution is -0.139. The van der Waals surface area contributed by atoms with Crippen LogP contribution in [0.1, 0.15) is 6.92 Å². The van der Waals surface area contributed by atoms with Gasteiger partial charge in [-0.3, -0.25) is 4.79 Å². The average Bonchev–Trinajstić information content (AvgIpc) is 3.08. The van der Waals surface area contributed by atoms with Crippen LogP contribution < -0.4 is 0 Å². The summed E-state index contributed by atoms with van der Waals surface area (Å²) in [5.74, 6) is 14.9. The number of aliphatic hydroxyl groups excluding tert-OH is 1. The zero-order valence-electron chi connectivity index (χ0n) is 9.90. The van der Waals surface area contributed by atoms with Crippen LogP contribution in [-0.4, -0.2) is 36.5 Å². The Morgan fingerprint density at radius 3 is 2.89 bits per heavy atom. The fourth-order valence-electron chi connectivity index (χ4n) is 0.995. The van der Waals surface area contributed by atoms with Crippen molar-refractivity contribution < 1.29 is 19.4 Å². The fourth-order valence-corrected chi connectivity index (χ4v) is 0.995. The van der Waals surface area contributed by atoms with Crippen molar-refractivity contribution in [2.24, 2.45) is 0 Å². The van der Waals surface area contributed by atoms with Gasteiger partial charge in [-0.15, -0.1) is 0 Å². The molecule has 2 atom stereocenters. The summed E-state index contributed by atoms with van der Waals surface area (Å²) in [7, 11) is 0. The SMILES string of the molecule is CC(=O)OC/C=C/C1OC1C#CC#CC#CCO. The third kappa shape index (κ3) is 6.40. The maximum atomic E-state index is 10.5. The van der Waals surface area contributed by atoms with Gasteiger partial charge in [-0.25, -0.2) is 0 Å². The van der Waals surface area contributed by atoms with E-state index in [4.69, 9.17) is 14.6 Å². The first kappa shape index (κ1) is 13.9. The fraction of sp³-hybridized carbons (Fsp3) is 0.357. The van der Waals surface area contributed by atoms with E-state index in [-0.39, 0.29) is 31.4 Å². The summed E-state index contributed by atoms with van der Waals surface area (Å²) in [5.41, 5.74) is 0. The van der Waals surface area contributed by atoms with Gasteiger partial charge in [0.15, 0.2) is 0 Å². The molecule has 2 unspecified atom stereocenters. The lowest BCUT2D eigenvalue weighted by Gasteiger charge is -1.92. The second-order valence-corrected chi connectivity index (χ2v) is 3.23. The van der Waals surface area contributed by atoms with Gasteiger partial charge < -0.3 is 14.6 Å². The topological polar surface area (TPSA) is 59.1 Å². The molecule has 1 aliphatic rings. The highest BCUT2D eigenvalue weighted by molar-refractivity contribution is 5.66. The quantitative estimate of drug-likeness (QED) is 0.325. The van der Waals surface area contributed by atoms with Crippen LogP contribution in [0.25, 0.3) is 0 Å². The van der Waals surface area contributed by atoms with E-state index < -0.39 is 0 Å². The molecule has 1 N–H and O–H groups in total. The summed E-state index contributed by atoms with van der Waals surface area (Å²) < 4.78 is 9.92. The Morgan fingerprint density at radius 1 is 1.39 bits per heavy atom. The zero-order valence-corrected chi connectivity index (χ0v) is 9.90. The molecule has 1 fully saturated rings. The van der Waals surface area contributed by atoms with E-state index in [9.17, 15) is 4.79 Å². The third-order valence-corrected chi connectivity index (χ3v) is 1.80. The maximum absolute atomic E-state index is 10.5. The number of hydrogen-bond donors (Lipinski definition) is 1. The first-order chi connectivity index (χ1) is 8.74. The van der Waals surface area contributed by atoms with Crippen molar-refractivity contribution in [3.8, 4) is 35.5 Å². The number of epoxide rings is 1. The first-order valence-electron chi connectivity index (χ1n) is 5.29. The summed E-state index contributed by atoms with van der Waals surface area (Å²) >= 11 is 0. The van der Waals surface area contributed by atoms with Crippen LogP contribution in [0.2, 0.25) is 0 Å². The van der Waals surface area contributed by atoms with E-state index in [2.05, 4.69) is 35.5 Å². The molecule has 4 heteroatoms. The summed E-state index contributed by atoms with van der Waals surface area (Å²) in [6.07, 6.45) is 3.30. The summed E-state index contributed by atoms with van der Waals surface area (Å²) in [6, 6.07) is 0. The normalized spacial score (nSPS) is 19.7. The van der Waals surface area contributed by atoms with Crippen molar-refractivity contribution in [1.82, 2.24) is 0 Å². The number of rotatable bonds is 3. The molecule has 0 aromatic heterocycles. The van der Waals surface area contributed by atoms with Crippen molar-refractivity contribution in [1.29, 1.82) is 0 Å². The number of aliphatic hydroxyl groups is 1. The Kier molecular flexibility index (Phi) is 6.15. The van der Waals surface area contributed by atoms with Crippen molar-refractivity contribution in [3.05, 3.63) is 12.2 Å². The van der Waals surface area contributed by atoms with E-state index >= 15 is 0 Å². The molecule has 0 aromatic rings. The molecule has 18 heavy (non-hydrogen) atoms. The molecular formula is C14H12O4. The molecule has 0 spiro atoms. The van der Waals surface area contributed by atoms with Gasteiger partial charge >= 0.3 is 5.97 Å². The number of ether oxygens (including phenoxy) is 2. The maximum Gasteiger partial charge on any atom is 0.302 e. The van der Waals surface area contributed by atoms with Crippen LogP contribution in [0.15, 0.2) is 12.2 Å². The molecule has 0 radical (unpaired) electrons. The van der Waals surface area contributed by atoms with Gasteiger partial charge in [0.1, 0.15) is 25.4 Å². The van der Waals surface area contributed by atoms with E-state index in [1.807, 2.05) is 0 Å². The highest BCUT2D eigenvalue weighted by atomic mass is 16.6. The second kappa shape index (κ2) is 7.98. The van der Waals surface area contributed by atoms with Gasteiger partial charge in [-0.1, -0.05) is 17.9 Å². The minimum atomic E-state index is -0.313. The van der Waals surface area contributed by atoms with E-state index in [0.29, 0.717) is 0 Å². The van der Waals surface area contributed by atoms with Crippen molar-refractivity contribution >= 4 is 5.97 Å². The van der Waals surface area contributed by atoms with Crippen LogP contribution in [0, 0.1) is 35.5 Å². The molecule has 0 bridgehead atoms. The smallest absolute Gasteiger partial charge is 0.302 e. The monoisotopic (exact) mass is 244 g/mol. The molecule has 0 aromatic carbocycles. The molecule has 92 valence electrons. The number of hydrogen-bond acceptors (Lipinski definition) is 4. The van der Waals surface area contributed by atoms with Crippen LogP contribution in [0.4, 0.5) is 0 Å². The molecule has 1 aliphatic heterocycles. The molecule has 1 rings (SSSR count). The molecule has 1 heterocycles. The molecule has 1 saturated heterocycles. The van der Waals surface area contributed by atoms with Gasteiger partial charge in [-0.2, -0.15) is 0 Å². The Morgan fingerprint density at radius 2 is 2.17 bits per heavy atom. The van der Waals surface area contributed by atoms with Gasteiger partial charge in [0, 0.05) is 6.92 Å². The van der Waals surface area contributed by atoms with Crippen LogP contribution >= 0.6 is 0 Å². The predicted molar refractivity (Wildman–Crippen MR) is 64.8 cm³/mol. The molecular weight excluding hydrogens is 232 g/mol. The first-order valence-corrected chi connectivity index (χ1v) is 5.29. The van der Waals surface area contributed by atoms with Crippen molar-refractivity contribution in [2.75, 3.05) is 13.2 Å². The molecule has 4 nitrogen and oxygen atoms in total. The Bertz CT molecular complexity index is 499. The standard InChI is InChI=1S/C14H12O4/c1-12(16)17-11-7-9-14-13(18-14)8-5-3-2-4-6-10-15/h7,9,13-15H,10-11H2,1H3/b9-7+. The molecule has 0 aliphatic carbocycles. The Hall–Kier alpha value is -2.19. The average molecular weight is 244 g/mol. The molecule has 0 saturated carbocycles. The number of carbonyl (C=O) groups excluding carboxylic acids is 1. The van der Waals surface area contributed by atoms with Gasteiger partial charge in [0.2, 0.25) is 0 Å². The van der Waals surface area contributed by atoms with Crippen molar-refractivity contribution in [3.63, 3.8) is 0 Å². The Balaban J connectivity index is 2.22. The van der Waals surface area contributed by atoms with Crippen LogP contribution in [0.5, 0.6) is 0 Å². The highest BCUT2D eigenvalue weighted by Gasteiger charge is 2.34. The summed E-state index contributed by atoms with van der Waals surface area (Å²) in [4.78, 5) is 10.5. The largest absolute Gasteiger partial charge is 0.462 e. The van der Waals surface area contributed by atoms with E-state index in [1.54, 1.807) is 12.2 Å². The third-order valence-electron chi connectivity index (χ3n) is 1.80. The van der Waals surface area contributed by atoms with Crippen LogP contribution in [0.3, 0.4) is 0 Å².